The predicted molar refractivity (Wildman–Crippen MR) is 110 cm³/mol. The maximum Gasteiger partial charge on any atom is 0.269 e. The van der Waals surface area contributed by atoms with Gasteiger partial charge in [0.2, 0.25) is 10.0 Å². The van der Waals surface area contributed by atoms with Gasteiger partial charge in [-0.05, 0) is 63.9 Å². The van der Waals surface area contributed by atoms with Crippen molar-refractivity contribution in [2.45, 2.75) is 50.0 Å². The van der Waals surface area contributed by atoms with Gasteiger partial charge in [-0.2, -0.15) is 5.10 Å². The van der Waals surface area contributed by atoms with Crippen molar-refractivity contribution in [1.82, 2.24) is 19.8 Å². The molecule has 2 aromatic rings. The molecule has 0 radical (unpaired) electrons. The van der Waals surface area contributed by atoms with Crippen LogP contribution >= 0.6 is 0 Å². The molecule has 1 heterocycles. The van der Waals surface area contributed by atoms with Gasteiger partial charge in [-0.1, -0.05) is 0 Å². The summed E-state index contributed by atoms with van der Waals surface area (Å²) in [4.78, 5) is 12.8. The Kier molecular flexibility index (Phi) is 6.00. The third-order valence-electron chi connectivity index (χ3n) is 4.66. The summed E-state index contributed by atoms with van der Waals surface area (Å²) in [5.74, 6) is 0.765. The molecular formula is C20H28N4O4S. The lowest BCUT2D eigenvalue weighted by Gasteiger charge is -2.22. The Morgan fingerprint density at radius 3 is 2.41 bits per heavy atom. The number of methoxy groups -OCH3 is 1. The predicted octanol–water partition coefficient (Wildman–Crippen LogP) is 2.23. The average Bonchev–Trinajstić information content (AvgIpc) is 3.42. The largest absolute Gasteiger partial charge is 0.497 e. The van der Waals surface area contributed by atoms with E-state index in [-0.39, 0.29) is 29.4 Å². The number of amides is 1. The number of rotatable bonds is 8. The molecule has 2 N–H and O–H groups in total. The molecule has 1 aliphatic carbocycles. The van der Waals surface area contributed by atoms with Gasteiger partial charge < -0.3 is 10.1 Å². The van der Waals surface area contributed by atoms with Crippen molar-refractivity contribution in [1.29, 1.82) is 0 Å². The van der Waals surface area contributed by atoms with Gasteiger partial charge in [0.25, 0.3) is 5.91 Å². The maximum atomic E-state index is 12.7. The summed E-state index contributed by atoms with van der Waals surface area (Å²) >= 11 is 0. The molecule has 0 atom stereocenters. The van der Waals surface area contributed by atoms with Crippen LogP contribution in [0.15, 0.2) is 35.2 Å². The lowest BCUT2D eigenvalue weighted by molar-refractivity contribution is 0.0936. The first-order valence-electron chi connectivity index (χ1n) is 9.64. The smallest absolute Gasteiger partial charge is 0.269 e. The third kappa shape index (κ3) is 5.16. The molecule has 9 heteroatoms. The van der Waals surface area contributed by atoms with Gasteiger partial charge in [0.1, 0.15) is 11.4 Å². The van der Waals surface area contributed by atoms with Gasteiger partial charge in [-0.3, -0.25) is 9.48 Å². The molecule has 0 aliphatic heterocycles. The van der Waals surface area contributed by atoms with Gasteiger partial charge in [-0.15, -0.1) is 0 Å². The van der Waals surface area contributed by atoms with Crippen molar-refractivity contribution in [3.8, 4) is 5.75 Å². The number of aromatic nitrogens is 2. The molecule has 1 aromatic heterocycles. The summed E-state index contributed by atoms with van der Waals surface area (Å²) in [5.41, 5.74) is 1.12. The van der Waals surface area contributed by atoms with Crippen molar-refractivity contribution in [3.05, 3.63) is 41.7 Å². The average molecular weight is 421 g/mol. The Bertz CT molecular complexity index is 971. The minimum atomic E-state index is -3.65. The molecule has 8 nitrogen and oxygen atoms in total. The van der Waals surface area contributed by atoms with Crippen molar-refractivity contribution in [2.75, 3.05) is 20.2 Å². The van der Waals surface area contributed by atoms with E-state index in [4.69, 9.17) is 4.74 Å². The number of hydrogen-bond donors (Lipinski definition) is 2. The van der Waals surface area contributed by atoms with Crippen LogP contribution in [0.2, 0.25) is 0 Å². The molecular weight excluding hydrogens is 392 g/mol. The Balaban J connectivity index is 1.58. The van der Waals surface area contributed by atoms with Crippen LogP contribution in [0.3, 0.4) is 0 Å². The van der Waals surface area contributed by atoms with Crippen molar-refractivity contribution >= 4 is 15.9 Å². The second-order valence-corrected chi connectivity index (χ2v) is 9.91. The third-order valence-corrected chi connectivity index (χ3v) is 6.14. The molecule has 29 heavy (non-hydrogen) atoms. The van der Waals surface area contributed by atoms with Crippen LogP contribution in [-0.2, 0) is 15.6 Å². The highest BCUT2D eigenvalue weighted by molar-refractivity contribution is 7.89. The molecule has 0 saturated heterocycles. The standard InChI is InChI=1S/C20H28N4O4S/c1-20(2,3)24-18(13-17(23-24)14-5-6-14)19(25)21-11-12-22-29(26,27)16-9-7-15(28-4)8-10-16/h7-10,13-14,22H,5-6,11-12H2,1-4H3,(H,21,25). The molecule has 158 valence electrons. The highest BCUT2D eigenvalue weighted by Gasteiger charge is 2.31. The summed E-state index contributed by atoms with van der Waals surface area (Å²) in [6.45, 7) is 6.24. The molecule has 0 bridgehead atoms. The fourth-order valence-electron chi connectivity index (χ4n) is 2.94. The van der Waals surface area contributed by atoms with Gasteiger partial charge in [-0.25, -0.2) is 13.1 Å². The van der Waals surface area contributed by atoms with E-state index in [9.17, 15) is 13.2 Å². The van der Waals surface area contributed by atoms with Crippen molar-refractivity contribution in [2.24, 2.45) is 0 Å². The summed E-state index contributed by atoms with van der Waals surface area (Å²) in [6, 6.07) is 7.96. The summed E-state index contributed by atoms with van der Waals surface area (Å²) in [6.07, 6.45) is 2.21. The van der Waals surface area contributed by atoms with E-state index >= 15 is 0 Å². The Labute approximate surface area is 171 Å². The molecule has 1 fully saturated rings. The molecule has 1 aliphatic rings. The van der Waals surface area contributed by atoms with Gasteiger partial charge in [0, 0.05) is 19.0 Å². The monoisotopic (exact) mass is 420 g/mol. The molecule has 1 amide bonds. The number of carbonyl (C=O) groups excluding carboxylic acids is 1. The van der Waals surface area contributed by atoms with Crippen LogP contribution in [0.4, 0.5) is 0 Å². The Morgan fingerprint density at radius 1 is 1.21 bits per heavy atom. The molecule has 1 saturated carbocycles. The minimum Gasteiger partial charge on any atom is -0.497 e. The zero-order valence-corrected chi connectivity index (χ0v) is 18.0. The van der Waals surface area contributed by atoms with Gasteiger partial charge in [0.05, 0.1) is 23.2 Å². The van der Waals surface area contributed by atoms with Gasteiger partial charge >= 0.3 is 0 Å². The number of ether oxygens (including phenoxy) is 1. The highest BCUT2D eigenvalue weighted by atomic mass is 32.2. The van der Waals surface area contributed by atoms with E-state index in [1.165, 1.54) is 19.2 Å². The van der Waals surface area contributed by atoms with E-state index < -0.39 is 10.0 Å². The fourth-order valence-corrected chi connectivity index (χ4v) is 3.97. The first kappa shape index (κ1) is 21.3. The lowest BCUT2D eigenvalue weighted by Crippen LogP contribution is -2.37. The van der Waals surface area contributed by atoms with Crippen LogP contribution in [0.25, 0.3) is 0 Å². The molecule has 0 spiro atoms. The molecule has 1 aromatic carbocycles. The number of benzene rings is 1. The zero-order chi connectivity index (χ0) is 21.2. The van der Waals surface area contributed by atoms with Crippen LogP contribution in [0.1, 0.15) is 55.7 Å². The number of nitrogens with one attached hydrogen (secondary N) is 2. The second kappa shape index (κ2) is 8.16. The van der Waals surface area contributed by atoms with Gasteiger partial charge in [0.15, 0.2) is 0 Å². The van der Waals surface area contributed by atoms with Crippen molar-refractivity contribution < 1.29 is 17.9 Å². The Hall–Kier alpha value is -2.39. The van der Waals surface area contributed by atoms with E-state index in [2.05, 4.69) is 15.1 Å². The minimum absolute atomic E-state index is 0.0826. The number of sulfonamides is 1. The second-order valence-electron chi connectivity index (χ2n) is 8.14. The normalized spacial score (nSPS) is 14.6. The quantitative estimate of drug-likeness (QED) is 0.638. The van der Waals surface area contributed by atoms with E-state index in [0.717, 1.165) is 18.5 Å². The van der Waals surface area contributed by atoms with E-state index in [1.807, 2.05) is 26.8 Å². The topological polar surface area (TPSA) is 102 Å². The molecule has 0 unspecified atom stereocenters. The van der Waals surface area contributed by atoms with Crippen LogP contribution < -0.4 is 14.8 Å². The number of nitrogens with zero attached hydrogens (tertiary/aromatic N) is 2. The first-order valence-corrected chi connectivity index (χ1v) is 11.1. The number of hydrogen-bond acceptors (Lipinski definition) is 5. The fraction of sp³-hybridized carbons (Fsp3) is 0.500. The highest BCUT2D eigenvalue weighted by Crippen LogP contribution is 2.40. The summed E-state index contributed by atoms with van der Waals surface area (Å²) < 4.78 is 33.9. The lowest BCUT2D eigenvalue weighted by atomic mass is 10.1. The van der Waals surface area contributed by atoms with Crippen LogP contribution in [0, 0.1) is 0 Å². The summed E-state index contributed by atoms with van der Waals surface area (Å²) in [7, 11) is -2.13. The zero-order valence-electron chi connectivity index (χ0n) is 17.2. The van der Waals surface area contributed by atoms with Crippen LogP contribution in [-0.4, -0.2) is 44.3 Å². The first-order chi connectivity index (χ1) is 13.6. The SMILES string of the molecule is COc1ccc(S(=O)(=O)NCCNC(=O)c2cc(C3CC3)nn2C(C)(C)C)cc1. The maximum absolute atomic E-state index is 12.7. The summed E-state index contributed by atoms with van der Waals surface area (Å²) in [5, 5.41) is 7.40. The van der Waals surface area contributed by atoms with Crippen LogP contribution in [0.5, 0.6) is 5.75 Å². The van der Waals surface area contributed by atoms with E-state index in [0.29, 0.717) is 17.4 Å². The van der Waals surface area contributed by atoms with Crippen molar-refractivity contribution in [3.63, 3.8) is 0 Å². The Morgan fingerprint density at radius 2 is 1.86 bits per heavy atom. The number of carbonyl (C=O) groups is 1. The molecule has 3 rings (SSSR count). The van der Waals surface area contributed by atoms with E-state index in [1.54, 1.807) is 16.8 Å².